The third-order valence-corrected chi connectivity index (χ3v) is 5.96. The molecule has 2 heterocycles. The van der Waals surface area contributed by atoms with Crippen LogP contribution in [0.1, 0.15) is 50.0 Å². The quantitative estimate of drug-likeness (QED) is 0.760. The van der Waals surface area contributed by atoms with E-state index in [1.807, 2.05) is 18.7 Å². The van der Waals surface area contributed by atoms with Crippen molar-refractivity contribution < 1.29 is 4.79 Å². The lowest BCUT2D eigenvalue weighted by Crippen LogP contribution is -2.42. The lowest BCUT2D eigenvalue weighted by atomic mass is 9.78. The summed E-state index contributed by atoms with van der Waals surface area (Å²) in [6.07, 6.45) is 6.46. The number of anilines is 1. The van der Waals surface area contributed by atoms with Gasteiger partial charge in [0.1, 0.15) is 11.6 Å². The Bertz CT molecular complexity index is 612. The van der Waals surface area contributed by atoms with E-state index in [-0.39, 0.29) is 5.91 Å². The second-order valence-electron chi connectivity index (χ2n) is 7.54. The number of nitrogens with one attached hydrogen (secondary N) is 2. The molecule has 0 aromatic carbocycles. The Morgan fingerprint density at radius 1 is 1.27 bits per heavy atom. The standard InChI is InChI=1S/C19H31N5OS/c1-13-20-18(15-10-17(11-15)22-14(2)25)12-19(21-13)23-16-4-6-24(7-5-16)8-9-26-3/h12,15-17H,4-11H2,1-3H3,(H,22,25)(H,20,21,23). The van der Waals surface area contributed by atoms with Gasteiger partial charge < -0.3 is 15.5 Å². The Hall–Kier alpha value is -1.34. The van der Waals surface area contributed by atoms with Gasteiger partial charge in [-0.3, -0.25) is 4.79 Å². The zero-order valence-electron chi connectivity index (χ0n) is 16.1. The lowest BCUT2D eigenvalue weighted by molar-refractivity contribution is -0.120. The van der Waals surface area contributed by atoms with E-state index in [2.05, 4.69) is 37.8 Å². The predicted molar refractivity (Wildman–Crippen MR) is 108 cm³/mol. The number of likely N-dealkylation sites (tertiary alicyclic amines) is 1. The second-order valence-corrected chi connectivity index (χ2v) is 8.53. The molecule has 1 aromatic rings. The maximum Gasteiger partial charge on any atom is 0.217 e. The number of rotatable bonds is 7. The number of thioether (sulfide) groups is 1. The summed E-state index contributed by atoms with van der Waals surface area (Å²) in [5, 5.41) is 6.62. The van der Waals surface area contributed by atoms with Crippen LogP contribution in [0.25, 0.3) is 0 Å². The van der Waals surface area contributed by atoms with Crippen molar-refractivity contribution in [3.8, 4) is 0 Å². The van der Waals surface area contributed by atoms with Gasteiger partial charge in [0.15, 0.2) is 0 Å². The number of aromatic nitrogens is 2. The summed E-state index contributed by atoms with van der Waals surface area (Å²) in [6.45, 7) is 7.06. The zero-order chi connectivity index (χ0) is 18.5. The highest BCUT2D eigenvalue weighted by molar-refractivity contribution is 7.98. The Kier molecular flexibility index (Phi) is 6.75. The highest BCUT2D eigenvalue weighted by atomic mass is 32.2. The van der Waals surface area contributed by atoms with Crippen LogP contribution in [0.5, 0.6) is 0 Å². The van der Waals surface area contributed by atoms with E-state index in [0.717, 1.165) is 43.3 Å². The first-order valence-corrected chi connectivity index (χ1v) is 11.0. The fourth-order valence-electron chi connectivity index (χ4n) is 3.87. The van der Waals surface area contributed by atoms with Gasteiger partial charge in [0.2, 0.25) is 5.91 Å². The molecule has 2 fully saturated rings. The van der Waals surface area contributed by atoms with E-state index >= 15 is 0 Å². The molecule has 0 atom stereocenters. The van der Waals surface area contributed by atoms with Crippen LogP contribution in [0.15, 0.2) is 6.07 Å². The van der Waals surface area contributed by atoms with Gasteiger partial charge in [-0.1, -0.05) is 0 Å². The van der Waals surface area contributed by atoms with Crippen LogP contribution in [-0.2, 0) is 4.79 Å². The predicted octanol–water partition coefficient (Wildman–Crippen LogP) is 2.41. The molecule has 7 heteroatoms. The summed E-state index contributed by atoms with van der Waals surface area (Å²) < 4.78 is 0. The molecule has 0 bridgehead atoms. The Morgan fingerprint density at radius 3 is 2.65 bits per heavy atom. The van der Waals surface area contributed by atoms with Gasteiger partial charge in [0.25, 0.3) is 0 Å². The van der Waals surface area contributed by atoms with Gasteiger partial charge in [0.05, 0.1) is 0 Å². The third kappa shape index (κ3) is 5.33. The summed E-state index contributed by atoms with van der Waals surface area (Å²) in [5.74, 6) is 3.48. The molecule has 1 saturated carbocycles. The molecule has 1 aromatic heterocycles. The monoisotopic (exact) mass is 377 g/mol. The van der Waals surface area contributed by atoms with Crippen LogP contribution in [-0.4, -0.2) is 64.5 Å². The number of hydrogen-bond donors (Lipinski definition) is 2. The van der Waals surface area contributed by atoms with E-state index in [1.54, 1.807) is 6.92 Å². The number of aryl methyl sites for hydroxylation is 1. The fourth-order valence-corrected chi connectivity index (χ4v) is 4.31. The van der Waals surface area contributed by atoms with Crippen LogP contribution in [0.4, 0.5) is 5.82 Å². The highest BCUT2D eigenvalue weighted by Gasteiger charge is 2.32. The minimum Gasteiger partial charge on any atom is -0.367 e. The van der Waals surface area contributed by atoms with E-state index in [9.17, 15) is 4.79 Å². The molecule has 0 unspecified atom stereocenters. The molecule has 26 heavy (non-hydrogen) atoms. The van der Waals surface area contributed by atoms with Crippen LogP contribution < -0.4 is 10.6 Å². The third-order valence-electron chi connectivity index (χ3n) is 5.37. The number of amides is 1. The first kappa shape index (κ1) is 19.4. The smallest absolute Gasteiger partial charge is 0.217 e. The van der Waals surface area contributed by atoms with Crippen molar-refractivity contribution in [3.05, 3.63) is 17.6 Å². The minimum absolute atomic E-state index is 0.0542. The van der Waals surface area contributed by atoms with Gasteiger partial charge in [-0.15, -0.1) is 0 Å². The van der Waals surface area contributed by atoms with Gasteiger partial charge in [-0.25, -0.2) is 9.97 Å². The van der Waals surface area contributed by atoms with Crippen molar-refractivity contribution in [3.63, 3.8) is 0 Å². The minimum atomic E-state index is 0.0542. The molecular formula is C19H31N5OS. The summed E-state index contributed by atoms with van der Waals surface area (Å²) in [4.78, 5) is 22.9. The number of carbonyl (C=O) groups excluding carboxylic acids is 1. The molecule has 0 spiro atoms. The van der Waals surface area contributed by atoms with Crippen LogP contribution in [0.3, 0.4) is 0 Å². The van der Waals surface area contributed by atoms with Gasteiger partial charge in [0, 0.05) is 62.1 Å². The highest BCUT2D eigenvalue weighted by Crippen LogP contribution is 2.36. The molecule has 2 aliphatic rings. The van der Waals surface area contributed by atoms with Gasteiger partial charge in [-0.05, 0) is 38.9 Å². The molecule has 0 radical (unpaired) electrons. The number of piperidine rings is 1. The molecule has 1 aliphatic heterocycles. The zero-order valence-corrected chi connectivity index (χ0v) is 16.9. The Morgan fingerprint density at radius 2 is 2.00 bits per heavy atom. The molecule has 1 aliphatic carbocycles. The van der Waals surface area contributed by atoms with Gasteiger partial charge in [-0.2, -0.15) is 11.8 Å². The molecule has 2 N–H and O–H groups in total. The van der Waals surface area contributed by atoms with Crippen molar-refractivity contribution in [2.75, 3.05) is 37.0 Å². The number of hydrogen-bond acceptors (Lipinski definition) is 6. The van der Waals surface area contributed by atoms with E-state index in [0.29, 0.717) is 18.0 Å². The van der Waals surface area contributed by atoms with Crippen molar-refractivity contribution in [1.82, 2.24) is 20.2 Å². The van der Waals surface area contributed by atoms with Crippen LogP contribution in [0, 0.1) is 6.92 Å². The topological polar surface area (TPSA) is 70.2 Å². The molecule has 1 amide bonds. The Balaban J connectivity index is 1.52. The van der Waals surface area contributed by atoms with E-state index in [1.165, 1.54) is 25.1 Å². The van der Waals surface area contributed by atoms with Crippen molar-refractivity contribution in [2.45, 2.75) is 57.5 Å². The number of nitrogens with zero attached hydrogens (tertiary/aromatic N) is 3. The summed E-state index contributed by atoms with van der Waals surface area (Å²) in [5.41, 5.74) is 1.11. The SMILES string of the molecule is CSCCN1CCC(Nc2cc(C3CC(NC(C)=O)C3)nc(C)n2)CC1. The molecule has 1 saturated heterocycles. The summed E-state index contributed by atoms with van der Waals surface area (Å²) in [6, 6.07) is 2.91. The average Bonchev–Trinajstić information content (AvgIpc) is 2.56. The molecular weight excluding hydrogens is 346 g/mol. The second kappa shape index (κ2) is 9.04. The van der Waals surface area contributed by atoms with Crippen molar-refractivity contribution >= 4 is 23.5 Å². The van der Waals surface area contributed by atoms with Crippen molar-refractivity contribution in [2.24, 2.45) is 0 Å². The largest absolute Gasteiger partial charge is 0.367 e. The first-order chi connectivity index (χ1) is 12.5. The molecule has 3 rings (SSSR count). The van der Waals surface area contributed by atoms with Crippen LogP contribution in [0.2, 0.25) is 0 Å². The lowest BCUT2D eigenvalue weighted by Gasteiger charge is -2.35. The summed E-state index contributed by atoms with van der Waals surface area (Å²) >= 11 is 1.92. The maximum atomic E-state index is 11.1. The van der Waals surface area contributed by atoms with Crippen LogP contribution >= 0.6 is 11.8 Å². The molecule has 144 valence electrons. The average molecular weight is 378 g/mol. The fraction of sp³-hybridized carbons (Fsp3) is 0.737. The number of carbonyl (C=O) groups is 1. The normalized spacial score (nSPS) is 24.1. The van der Waals surface area contributed by atoms with Crippen molar-refractivity contribution in [1.29, 1.82) is 0 Å². The summed E-state index contributed by atoms with van der Waals surface area (Å²) in [7, 11) is 0. The maximum absolute atomic E-state index is 11.1. The van der Waals surface area contributed by atoms with E-state index in [4.69, 9.17) is 0 Å². The Labute approximate surface area is 160 Å². The first-order valence-electron chi connectivity index (χ1n) is 9.64. The molecule has 6 nitrogen and oxygen atoms in total. The van der Waals surface area contributed by atoms with Gasteiger partial charge >= 0.3 is 0 Å². The van der Waals surface area contributed by atoms with E-state index < -0.39 is 0 Å².